The molecule has 2 atom stereocenters. The molecule has 1 heterocycles. The second-order valence-electron chi connectivity index (χ2n) is 10.9. The predicted octanol–water partition coefficient (Wildman–Crippen LogP) is 9.56. The van der Waals surface area contributed by atoms with Crippen LogP contribution in [0.4, 0.5) is 17.3 Å². The van der Waals surface area contributed by atoms with Crippen molar-refractivity contribution in [3.8, 4) is 0 Å². The van der Waals surface area contributed by atoms with Crippen molar-refractivity contribution in [1.82, 2.24) is 9.97 Å². The van der Waals surface area contributed by atoms with E-state index >= 15 is 0 Å². The minimum Gasteiger partial charge on any atom is -0.418 e. The van der Waals surface area contributed by atoms with Crippen LogP contribution in [0.5, 0.6) is 0 Å². The van der Waals surface area contributed by atoms with Crippen LogP contribution in [0.2, 0.25) is 0 Å². The van der Waals surface area contributed by atoms with Crippen LogP contribution in [0.3, 0.4) is 0 Å². The molecule has 3 rings (SSSR count). The maximum Gasteiger partial charge on any atom is 0.673 e. The van der Waals surface area contributed by atoms with Crippen molar-refractivity contribution in [2.45, 2.75) is 77.5 Å². The first kappa shape index (κ1) is 41.0. The molecular weight excluding hydrogens is 675 g/mol. The van der Waals surface area contributed by atoms with Gasteiger partial charge in [0.2, 0.25) is 10.9 Å². The van der Waals surface area contributed by atoms with Crippen molar-refractivity contribution >= 4 is 68.2 Å². The van der Waals surface area contributed by atoms with E-state index in [1.54, 1.807) is 0 Å². The number of hydrogen-bond donors (Lipinski definition) is 0. The van der Waals surface area contributed by atoms with Crippen LogP contribution in [0.15, 0.2) is 48.6 Å². The van der Waals surface area contributed by atoms with Crippen molar-refractivity contribution in [2.24, 2.45) is 0 Å². The molecule has 1 radical (unpaired) electrons. The van der Waals surface area contributed by atoms with Gasteiger partial charge in [0.25, 0.3) is 0 Å². The van der Waals surface area contributed by atoms with Crippen molar-refractivity contribution in [2.75, 3.05) is 18.7 Å². The number of aromatic nitrogens is 2. The quantitative estimate of drug-likeness (QED) is 0.102. The van der Waals surface area contributed by atoms with E-state index in [1.807, 2.05) is 0 Å². The minimum atomic E-state index is -6.00. The van der Waals surface area contributed by atoms with E-state index in [4.69, 9.17) is 33.2 Å². The van der Waals surface area contributed by atoms with Gasteiger partial charge >= 0.3 is 7.25 Å². The molecule has 0 amide bonds. The Balaban J connectivity index is 0. The predicted molar refractivity (Wildman–Crippen MR) is 170 cm³/mol. The fraction of sp³-hybridized carbons (Fsp3) is 0.556. The van der Waals surface area contributed by atoms with Crippen molar-refractivity contribution in [1.29, 1.82) is 0 Å². The summed E-state index contributed by atoms with van der Waals surface area (Å²) in [7, 11) is -7.51. The average molecular weight is 719 g/mol. The van der Waals surface area contributed by atoms with Crippen LogP contribution >= 0.6 is 39.0 Å². The summed E-state index contributed by atoms with van der Waals surface area (Å²) in [6, 6.07) is 8.29. The Morgan fingerprint density at radius 1 is 0.692 bits per heavy atom. The van der Waals surface area contributed by atoms with Crippen molar-refractivity contribution < 1.29 is 36.7 Å². The zero-order chi connectivity index (χ0) is 29.6. The number of fused-ring (bicyclic) bond motifs is 1. The zero-order valence-corrected chi connectivity index (χ0v) is 29.4. The number of allylic oxidation sites excluding steroid dienone is 4. The number of benzene rings is 1. The van der Waals surface area contributed by atoms with Gasteiger partial charge in [-0.25, -0.2) is 9.97 Å². The molecule has 0 bridgehead atoms. The van der Waals surface area contributed by atoms with Crippen molar-refractivity contribution in [3.05, 3.63) is 48.6 Å². The molecule has 1 aromatic heterocycles. The number of alkyl halides is 2. The Labute approximate surface area is 258 Å². The van der Waals surface area contributed by atoms with Gasteiger partial charge in [0.1, 0.15) is 0 Å². The molecule has 1 aliphatic rings. The third-order valence-corrected chi connectivity index (χ3v) is 12.7. The molecule has 2 nitrogen and oxygen atoms in total. The summed E-state index contributed by atoms with van der Waals surface area (Å²) in [5.74, 6) is 0. The molecule has 0 saturated carbocycles. The maximum atomic E-state index is 9.75. The summed E-state index contributed by atoms with van der Waals surface area (Å²) >= 11 is 9.53. The topological polar surface area (TPSA) is 25.8 Å². The van der Waals surface area contributed by atoms with Gasteiger partial charge in [-0.05, 0) is 79.4 Å². The van der Waals surface area contributed by atoms with Gasteiger partial charge in [-0.2, -0.15) is 0 Å². The zero-order valence-electron chi connectivity index (χ0n) is 24.2. The van der Waals surface area contributed by atoms with Gasteiger partial charge in [-0.1, -0.05) is 36.4 Å². The van der Waals surface area contributed by atoms with Crippen LogP contribution in [0, 0.1) is 0 Å². The largest absolute Gasteiger partial charge is 0.673 e. The Bertz CT molecular complexity index is 923. The molecule has 0 fully saturated rings. The van der Waals surface area contributed by atoms with E-state index in [9.17, 15) is 17.3 Å². The second kappa shape index (κ2) is 19.9. The van der Waals surface area contributed by atoms with E-state index in [2.05, 4.69) is 103 Å². The van der Waals surface area contributed by atoms with E-state index < -0.39 is 23.1 Å². The molecule has 225 valence electrons. The first-order valence-corrected chi connectivity index (χ1v) is 17.7. The van der Waals surface area contributed by atoms with Crippen LogP contribution < -0.4 is 10.9 Å². The van der Waals surface area contributed by atoms with Crippen LogP contribution in [0.1, 0.15) is 67.2 Å². The average Bonchev–Trinajstić information content (AvgIpc) is 2.75. The first-order chi connectivity index (χ1) is 17.4. The fourth-order valence-electron chi connectivity index (χ4n) is 3.09. The Kier molecular flexibility index (Phi) is 20.9. The summed E-state index contributed by atoms with van der Waals surface area (Å²) in [6.07, 6.45) is 14.0. The molecule has 1 aromatic carbocycles. The maximum absolute atomic E-state index is 9.75. The van der Waals surface area contributed by atoms with Crippen LogP contribution in [0.25, 0.3) is 11.0 Å². The number of para-hydroxylation sites is 2. The van der Waals surface area contributed by atoms with E-state index in [-0.39, 0.29) is 35.1 Å². The molecule has 0 aliphatic heterocycles. The van der Waals surface area contributed by atoms with Crippen LogP contribution in [-0.2, 0) is 19.5 Å². The Morgan fingerprint density at radius 3 is 1.13 bits per heavy atom. The van der Waals surface area contributed by atoms with Gasteiger partial charge in [-0.3, -0.25) is 0 Å². The molecule has 2 unspecified atom stereocenters. The summed E-state index contributed by atoms with van der Waals surface area (Å²) < 4.78 is 39.0. The summed E-state index contributed by atoms with van der Waals surface area (Å²) in [6.45, 7) is 18.8. The molecule has 0 N–H and O–H groups in total. The van der Waals surface area contributed by atoms with E-state index in [1.165, 1.54) is 36.6 Å². The smallest absolute Gasteiger partial charge is 0.418 e. The summed E-state index contributed by atoms with van der Waals surface area (Å²) in [5.41, 5.74) is 4.70. The van der Waals surface area contributed by atoms with Crippen LogP contribution in [-0.4, -0.2) is 46.2 Å². The van der Waals surface area contributed by atoms with Gasteiger partial charge in [0.05, 0.1) is 55.9 Å². The van der Waals surface area contributed by atoms with E-state index in [0.29, 0.717) is 0 Å². The number of rotatable bonds is 2. The van der Waals surface area contributed by atoms with E-state index in [0.717, 1.165) is 11.0 Å². The van der Waals surface area contributed by atoms with Gasteiger partial charge in [0.15, 0.2) is 0 Å². The Hall–Kier alpha value is -0.112. The third kappa shape index (κ3) is 18.8. The monoisotopic (exact) mass is 718 g/mol. The third-order valence-electron chi connectivity index (χ3n) is 5.86. The van der Waals surface area contributed by atoms with Gasteiger partial charge < -0.3 is 17.3 Å². The van der Waals surface area contributed by atoms with Gasteiger partial charge in [0, 0.05) is 19.5 Å². The number of nitrogens with zero attached hydrogens (tertiary/aromatic N) is 2. The number of hydrogen-bond acceptors (Lipinski definition) is 2. The normalized spacial score (nSPS) is 16.7. The summed E-state index contributed by atoms with van der Waals surface area (Å²) in [5, 5.41) is 0.771. The Morgan fingerprint density at radius 2 is 0.923 bits per heavy atom. The fourth-order valence-corrected chi connectivity index (χ4v) is 7.03. The summed E-state index contributed by atoms with van der Waals surface area (Å²) in [4.78, 5) is 10.2. The van der Waals surface area contributed by atoms with Crippen molar-refractivity contribution in [3.63, 3.8) is 0 Å². The molecule has 0 saturated heterocycles. The van der Waals surface area contributed by atoms with Gasteiger partial charge in [-0.15, -0.1) is 23.2 Å². The second-order valence-corrected chi connectivity index (χ2v) is 18.1. The molecular formula is C27H44BCl2F4N2P2Rh+. The molecule has 1 aliphatic carbocycles. The molecule has 12 heteroatoms. The standard InChI is InChI=1S/C18H28N2P2.C8H12.CH2Cl2.BF4.Rh/c1-17(2,3)21(7)15-16(22(8)18(4,5)6)20-14-12-10-9-11-13(14)19-15;1-2-4-6-8-7-5-3-1;2-1-3;2-1(3,4)5;/h9-12H,1-8H3;1-2,7-8H,3-6H2;1H2;;/q;;;-1;/p+2/b;2-1-,8-7-;;;. The number of halogens is 6. The first-order valence-electron chi connectivity index (χ1n) is 12.7. The SMILES string of the molecule is C1=C\CC/C=C\CC/1.C[PH+](c1nc2ccccc2nc1[PH+](C)C(C)(C)C)C(C)(C)C.ClCCl.F[B-](F)(F)F.[Rh]. The minimum absolute atomic E-state index is 0. The molecule has 2 aromatic rings. The molecule has 0 spiro atoms. The molecule has 39 heavy (non-hydrogen) atoms.